The molecule has 0 spiro atoms. The topological polar surface area (TPSA) is 39.1 Å². The summed E-state index contributed by atoms with van der Waals surface area (Å²) in [5, 5.41) is 3.18. The second kappa shape index (κ2) is 6.57. The van der Waals surface area contributed by atoms with Gasteiger partial charge in [-0.1, -0.05) is 17.7 Å². The van der Waals surface area contributed by atoms with Crippen molar-refractivity contribution in [2.45, 2.75) is 40.0 Å². The molecule has 1 N–H and O–H groups in total. The molecule has 4 nitrogen and oxygen atoms in total. The number of hydrogen-bond donors (Lipinski definition) is 1. The van der Waals surface area contributed by atoms with Crippen LogP contribution in [0.25, 0.3) is 0 Å². The minimum atomic E-state index is 0.394. The van der Waals surface area contributed by atoms with Crippen molar-refractivity contribution in [1.82, 2.24) is 14.9 Å². The van der Waals surface area contributed by atoms with Gasteiger partial charge in [-0.25, -0.2) is 4.98 Å². The van der Waals surface area contributed by atoms with Gasteiger partial charge in [0.2, 0.25) is 0 Å². The highest BCUT2D eigenvalue weighted by Gasteiger charge is 2.08. The largest absolute Gasteiger partial charge is 0.487 e. The molecule has 0 saturated carbocycles. The average Bonchev–Trinajstić information content (AvgIpc) is 2.87. The highest BCUT2D eigenvalue weighted by Crippen LogP contribution is 2.21. The van der Waals surface area contributed by atoms with Crippen LogP contribution in [-0.2, 0) is 13.2 Å². The van der Waals surface area contributed by atoms with E-state index in [1.165, 1.54) is 11.1 Å². The van der Waals surface area contributed by atoms with E-state index in [0.29, 0.717) is 12.6 Å². The molecule has 0 aliphatic rings. The zero-order valence-electron chi connectivity index (χ0n) is 12.7. The van der Waals surface area contributed by atoms with Gasteiger partial charge < -0.3 is 14.6 Å². The summed E-state index contributed by atoms with van der Waals surface area (Å²) in [6.45, 7) is 7.72. The van der Waals surface area contributed by atoms with Crippen LogP contribution in [0, 0.1) is 6.92 Å². The second-order valence-electron chi connectivity index (χ2n) is 5.32. The number of ether oxygens (including phenoxy) is 1. The van der Waals surface area contributed by atoms with E-state index in [9.17, 15) is 0 Å². The maximum absolute atomic E-state index is 5.98. The van der Waals surface area contributed by atoms with Gasteiger partial charge in [0.1, 0.15) is 12.4 Å². The molecule has 0 bridgehead atoms. The first-order valence-electron chi connectivity index (χ1n) is 6.99. The third kappa shape index (κ3) is 3.39. The number of rotatable bonds is 6. The van der Waals surface area contributed by atoms with Crippen LogP contribution >= 0.6 is 0 Å². The van der Waals surface area contributed by atoms with Gasteiger partial charge in [0.15, 0.2) is 0 Å². The van der Waals surface area contributed by atoms with E-state index in [4.69, 9.17) is 4.74 Å². The monoisotopic (exact) mass is 273 g/mol. The molecule has 1 aromatic heterocycles. The van der Waals surface area contributed by atoms with Crippen LogP contribution in [0.4, 0.5) is 0 Å². The average molecular weight is 273 g/mol. The molecule has 0 saturated heterocycles. The van der Waals surface area contributed by atoms with Crippen LogP contribution in [0.15, 0.2) is 30.7 Å². The van der Waals surface area contributed by atoms with Crippen molar-refractivity contribution in [1.29, 1.82) is 0 Å². The minimum absolute atomic E-state index is 0.394. The van der Waals surface area contributed by atoms with E-state index in [2.05, 4.69) is 47.8 Å². The Morgan fingerprint density at radius 1 is 1.35 bits per heavy atom. The molecule has 0 fully saturated rings. The number of nitrogens with one attached hydrogen (secondary N) is 1. The van der Waals surface area contributed by atoms with E-state index >= 15 is 0 Å². The first-order chi connectivity index (χ1) is 9.61. The number of aryl methyl sites for hydroxylation is 1. The Hall–Kier alpha value is -1.81. The maximum Gasteiger partial charge on any atom is 0.130 e. The van der Waals surface area contributed by atoms with Crippen LogP contribution in [0.5, 0.6) is 5.75 Å². The molecule has 1 aromatic carbocycles. The summed E-state index contributed by atoms with van der Waals surface area (Å²) < 4.78 is 8.11. The van der Waals surface area contributed by atoms with Gasteiger partial charge >= 0.3 is 0 Å². The normalized spacial score (nSPS) is 11.1. The Balaban J connectivity index is 2.12. The molecule has 0 aliphatic carbocycles. The van der Waals surface area contributed by atoms with Crippen molar-refractivity contribution in [2.24, 2.45) is 0 Å². The fraction of sp³-hybridized carbons (Fsp3) is 0.438. The highest BCUT2D eigenvalue weighted by molar-refractivity contribution is 5.36. The lowest BCUT2D eigenvalue weighted by Crippen LogP contribution is -2.10. The maximum atomic E-state index is 5.98. The fourth-order valence-corrected chi connectivity index (χ4v) is 2.24. The summed E-state index contributed by atoms with van der Waals surface area (Å²) in [5.74, 6) is 0.932. The van der Waals surface area contributed by atoms with E-state index in [1.54, 1.807) is 0 Å². The van der Waals surface area contributed by atoms with Crippen molar-refractivity contribution >= 4 is 0 Å². The SMILES string of the molecule is CNCc1cc(C)ccc1OCc1cncn1C(C)C. The van der Waals surface area contributed by atoms with Crippen LogP contribution in [0.2, 0.25) is 0 Å². The summed E-state index contributed by atoms with van der Waals surface area (Å²) in [6.07, 6.45) is 3.72. The van der Waals surface area contributed by atoms with Gasteiger partial charge in [0, 0.05) is 18.2 Å². The minimum Gasteiger partial charge on any atom is -0.487 e. The molecule has 0 radical (unpaired) electrons. The van der Waals surface area contributed by atoms with Crippen molar-refractivity contribution in [3.63, 3.8) is 0 Å². The van der Waals surface area contributed by atoms with Crippen molar-refractivity contribution < 1.29 is 4.74 Å². The van der Waals surface area contributed by atoms with Gasteiger partial charge in [-0.05, 0) is 33.9 Å². The first kappa shape index (κ1) is 14.6. The number of imidazole rings is 1. The summed E-state index contributed by atoms with van der Waals surface area (Å²) in [6, 6.07) is 6.67. The van der Waals surface area contributed by atoms with Crippen molar-refractivity contribution in [3.8, 4) is 5.75 Å². The number of aromatic nitrogens is 2. The lowest BCUT2D eigenvalue weighted by molar-refractivity contribution is 0.288. The van der Waals surface area contributed by atoms with Gasteiger partial charge in [-0.15, -0.1) is 0 Å². The second-order valence-corrected chi connectivity index (χ2v) is 5.32. The Bertz CT molecular complexity index is 561. The number of nitrogens with zero attached hydrogens (tertiary/aromatic N) is 2. The number of hydrogen-bond acceptors (Lipinski definition) is 3. The lowest BCUT2D eigenvalue weighted by Gasteiger charge is -2.15. The quantitative estimate of drug-likeness (QED) is 0.879. The molecule has 2 aromatic rings. The van der Waals surface area contributed by atoms with Crippen molar-refractivity contribution in [3.05, 3.63) is 47.5 Å². The fourth-order valence-electron chi connectivity index (χ4n) is 2.24. The van der Waals surface area contributed by atoms with Crippen LogP contribution in [0.1, 0.15) is 36.7 Å². The number of benzene rings is 1. The molecule has 108 valence electrons. The summed E-state index contributed by atoms with van der Waals surface area (Å²) >= 11 is 0. The smallest absolute Gasteiger partial charge is 0.130 e. The third-order valence-corrected chi connectivity index (χ3v) is 3.26. The molecule has 0 atom stereocenters. The molecular weight excluding hydrogens is 250 g/mol. The Kier molecular flexibility index (Phi) is 4.79. The Morgan fingerprint density at radius 3 is 2.85 bits per heavy atom. The molecule has 1 heterocycles. The van der Waals surface area contributed by atoms with Gasteiger partial charge in [0.25, 0.3) is 0 Å². The summed E-state index contributed by atoms with van der Waals surface area (Å²) in [7, 11) is 1.94. The summed E-state index contributed by atoms with van der Waals surface area (Å²) in [5.41, 5.74) is 3.52. The molecule has 20 heavy (non-hydrogen) atoms. The molecular formula is C16H23N3O. The standard InChI is InChI=1S/C16H23N3O/c1-12(2)19-11-18-9-15(19)10-20-16-6-5-13(3)7-14(16)8-17-4/h5-7,9,11-12,17H,8,10H2,1-4H3. The zero-order valence-corrected chi connectivity index (χ0v) is 12.7. The van der Waals surface area contributed by atoms with E-state index in [0.717, 1.165) is 18.0 Å². The predicted molar refractivity (Wildman–Crippen MR) is 80.9 cm³/mol. The first-order valence-corrected chi connectivity index (χ1v) is 6.99. The highest BCUT2D eigenvalue weighted by atomic mass is 16.5. The Morgan fingerprint density at radius 2 is 2.15 bits per heavy atom. The Labute approximate surface area is 120 Å². The van der Waals surface area contributed by atoms with Crippen LogP contribution < -0.4 is 10.1 Å². The van der Waals surface area contributed by atoms with Crippen molar-refractivity contribution in [2.75, 3.05) is 7.05 Å². The molecule has 0 amide bonds. The third-order valence-electron chi connectivity index (χ3n) is 3.26. The van der Waals surface area contributed by atoms with Crippen LogP contribution in [-0.4, -0.2) is 16.6 Å². The van der Waals surface area contributed by atoms with Gasteiger partial charge in [0.05, 0.1) is 18.2 Å². The van der Waals surface area contributed by atoms with Gasteiger partial charge in [-0.3, -0.25) is 0 Å². The molecule has 0 unspecified atom stereocenters. The molecule has 2 rings (SSSR count). The van der Waals surface area contributed by atoms with Gasteiger partial charge in [-0.2, -0.15) is 0 Å². The predicted octanol–water partition coefficient (Wildman–Crippen LogP) is 3.07. The molecule has 0 aliphatic heterocycles. The molecule has 4 heteroatoms. The lowest BCUT2D eigenvalue weighted by atomic mass is 10.1. The van der Waals surface area contributed by atoms with Crippen LogP contribution in [0.3, 0.4) is 0 Å². The van der Waals surface area contributed by atoms with E-state index in [-0.39, 0.29) is 0 Å². The van der Waals surface area contributed by atoms with E-state index in [1.807, 2.05) is 25.6 Å². The summed E-state index contributed by atoms with van der Waals surface area (Å²) in [4.78, 5) is 4.20. The van der Waals surface area contributed by atoms with E-state index < -0.39 is 0 Å². The zero-order chi connectivity index (χ0) is 14.5.